The average Bonchev–Trinajstić information content (AvgIpc) is 2.42. The van der Waals surface area contributed by atoms with Gasteiger partial charge >= 0.3 is 12.1 Å². The zero-order valence-corrected chi connectivity index (χ0v) is 11.2. The molecule has 0 saturated heterocycles. The molecule has 1 heterocycles. The van der Waals surface area contributed by atoms with Crippen LogP contribution in [-0.2, 0) is 10.7 Å². The van der Waals surface area contributed by atoms with Crippen molar-refractivity contribution in [3.05, 3.63) is 47.3 Å². The number of rotatable bonds is 4. The average molecular weight is 315 g/mol. The Kier molecular flexibility index (Phi) is 4.32. The van der Waals surface area contributed by atoms with E-state index >= 15 is 0 Å². The third-order valence-electron chi connectivity index (χ3n) is 2.47. The number of allylic oxidation sites excluding steroid dienone is 1. The van der Waals surface area contributed by atoms with Crippen molar-refractivity contribution in [2.45, 2.75) is 5.92 Å². The maximum atomic E-state index is 14.0. The van der Waals surface area contributed by atoms with E-state index in [9.17, 15) is 13.6 Å². The first-order valence-electron chi connectivity index (χ1n) is 5.74. The summed E-state index contributed by atoms with van der Waals surface area (Å²) in [6.45, 7) is -0.496. The van der Waals surface area contributed by atoms with Gasteiger partial charge in [0, 0.05) is 0 Å². The van der Waals surface area contributed by atoms with Gasteiger partial charge in [-0.05, 0) is 24.3 Å². The van der Waals surface area contributed by atoms with Crippen LogP contribution in [0.5, 0.6) is 0 Å². The highest BCUT2D eigenvalue weighted by Gasteiger charge is 2.33. The Labute approximate surface area is 122 Å². The fourth-order valence-corrected chi connectivity index (χ4v) is 1.84. The second-order valence-corrected chi connectivity index (χ2v) is 4.31. The number of hydrogen-bond acceptors (Lipinski definition) is 4. The lowest BCUT2D eigenvalue weighted by atomic mass is 10.2. The summed E-state index contributed by atoms with van der Waals surface area (Å²) in [4.78, 5) is 17.8. The lowest BCUT2D eigenvalue weighted by molar-refractivity contribution is 0.0458. The molecule has 1 N–H and O–H groups in total. The highest BCUT2D eigenvalue weighted by molar-refractivity contribution is 6.30. The van der Waals surface area contributed by atoms with E-state index in [0.29, 0.717) is 11.6 Å². The van der Waals surface area contributed by atoms with Gasteiger partial charge in [-0.1, -0.05) is 23.7 Å². The summed E-state index contributed by atoms with van der Waals surface area (Å²) in [6.07, 6.45) is -0.200. The number of hydrogen-bond donors (Lipinski definition) is 1. The van der Waals surface area contributed by atoms with E-state index in [1.807, 2.05) is 0 Å². The largest absolute Gasteiger partial charge is 0.506 e. The molecule has 0 amide bonds. The second-order valence-electron chi connectivity index (χ2n) is 3.95. The van der Waals surface area contributed by atoms with Crippen LogP contribution in [0.25, 0.3) is 11.0 Å². The SMILES string of the molecule is O=C(O)OC/C=C/C(F)(F)c1nc2ccccc2nc1Cl. The van der Waals surface area contributed by atoms with E-state index in [-0.39, 0.29) is 5.52 Å². The summed E-state index contributed by atoms with van der Waals surface area (Å²) in [5.41, 5.74) is -0.0126. The standard InChI is InChI=1S/C13H9ClF2N2O3/c14-11-10(13(15,16)6-3-7-21-12(19)20)17-8-4-1-2-5-9(8)18-11/h1-6H,7H2,(H,19,20)/b6-3+. The van der Waals surface area contributed by atoms with E-state index in [2.05, 4.69) is 14.7 Å². The van der Waals surface area contributed by atoms with Gasteiger partial charge in [0.05, 0.1) is 11.0 Å². The first-order chi connectivity index (χ1) is 9.90. The summed E-state index contributed by atoms with van der Waals surface area (Å²) in [5.74, 6) is -3.49. The monoisotopic (exact) mass is 314 g/mol. The molecule has 21 heavy (non-hydrogen) atoms. The zero-order valence-electron chi connectivity index (χ0n) is 10.5. The van der Waals surface area contributed by atoms with Gasteiger partial charge in [-0.2, -0.15) is 8.78 Å². The number of nitrogens with zero attached hydrogens (tertiary/aromatic N) is 2. The van der Waals surface area contributed by atoms with Crippen LogP contribution in [0.2, 0.25) is 5.15 Å². The molecule has 5 nitrogen and oxygen atoms in total. The second kappa shape index (κ2) is 6.01. The summed E-state index contributed by atoms with van der Waals surface area (Å²) in [6, 6.07) is 6.47. The molecule has 8 heteroatoms. The molecule has 0 aliphatic heterocycles. The number of carboxylic acid groups (broad SMARTS) is 1. The Balaban J connectivity index is 2.30. The first-order valence-corrected chi connectivity index (χ1v) is 6.12. The predicted molar refractivity (Wildman–Crippen MR) is 71.6 cm³/mol. The molecule has 0 unspecified atom stereocenters. The number of halogens is 3. The van der Waals surface area contributed by atoms with Gasteiger partial charge in [-0.25, -0.2) is 14.8 Å². The highest BCUT2D eigenvalue weighted by atomic mass is 35.5. The Morgan fingerprint density at radius 3 is 2.57 bits per heavy atom. The van der Waals surface area contributed by atoms with Crippen molar-refractivity contribution in [1.82, 2.24) is 9.97 Å². The molecule has 1 aromatic heterocycles. The van der Waals surface area contributed by atoms with Crippen molar-refractivity contribution in [3.63, 3.8) is 0 Å². The zero-order chi connectivity index (χ0) is 15.5. The van der Waals surface area contributed by atoms with Crippen LogP contribution < -0.4 is 0 Å². The van der Waals surface area contributed by atoms with E-state index in [1.54, 1.807) is 18.2 Å². The maximum Gasteiger partial charge on any atom is 0.506 e. The fourth-order valence-electron chi connectivity index (χ4n) is 1.59. The van der Waals surface area contributed by atoms with E-state index in [0.717, 1.165) is 6.08 Å². The molecule has 0 bridgehead atoms. The number of aromatic nitrogens is 2. The molecular weight excluding hydrogens is 306 g/mol. The number of benzene rings is 1. The molecule has 110 valence electrons. The molecule has 0 aliphatic carbocycles. The van der Waals surface area contributed by atoms with Crippen molar-refractivity contribution < 1.29 is 23.4 Å². The number of para-hydroxylation sites is 2. The highest BCUT2D eigenvalue weighted by Crippen LogP contribution is 2.33. The van der Waals surface area contributed by atoms with Crippen LogP contribution in [0.4, 0.5) is 13.6 Å². The predicted octanol–water partition coefficient (Wildman–Crippen LogP) is 3.63. The van der Waals surface area contributed by atoms with Crippen LogP contribution in [-0.4, -0.2) is 27.8 Å². The van der Waals surface area contributed by atoms with Crippen LogP contribution in [0.1, 0.15) is 5.69 Å². The van der Waals surface area contributed by atoms with Crippen molar-refractivity contribution in [1.29, 1.82) is 0 Å². The molecule has 0 atom stereocenters. The summed E-state index contributed by atoms with van der Waals surface area (Å²) < 4.78 is 32.1. The Morgan fingerprint density at radius 2 is 1.95 bits per heavy atom. The van der Waals surface area contributed by atoms with E-state index in [4.69, 9.17) is 16.7 Å². The summed E-state index contributed by atoms with van der Waals surface area (Å²) in [7, 11) is 0. The Morgan fingerprint density at radius 1 is 1.33 bits per heavy atom. The Bertz CT molecular complexity index is 707. The smallest absolute Gasteiger partial charge is 0.450 e. The molecule has 0 fully saturated rings. The van der Waals surface area contributed by atoms with Crippen molar-refractivity contribution in [3.8, 4) is 0 Å². The van der Waals surface area contributed by atoms with E-state index < -0.39 is 29.5 Å². The van der Waals surface area contributed by atoms with Gasteiger partial charge in [0.2, 0.25) is 0 Å². The van der Waals surface area contributed by atoms with Crippen LogP contribution >= 0.6 is 11.6 Å². The van der Waals surface area contributed by atoms with Crippen molar-refractivity contribution in [2.24, 2.45) is 0 Å². The molecule has 0 spiro atoms. The number of carbonyl (C=O) groups is 1. The van der Waals surface area contributed by atoms with Crippen LogP contribution in [0.3, 0.4) is 0 Å². The van der Waals surface area contributed by atoms with Gasteiger partial charge in [0.1, 0.15) is 6.61 Å². The first kappa shape index (κ1) is 15.1. The number of fused-ring (bicyclic) bond motifs is 1. The molecule has 2 rings (SSSR count). The maximum absolute atomic E-state index is 14.0. The minimum absolute atomic E-state index is 0.284. The molecule has 1 aromatic carbocycles. The molecule has 0 saturated carbocycles. The third-order valence-corrected chi connectivity index (χ3v) is 2.74. The molecule has 0 aliphatic rings. The third kappa shape index (κ3) is 3.63. The molecule has 0 radical (unpaired) electrons. The normalized spacial score (nSPS) is 12.0. The molecular formula is C13H9ClF2N2O3. The Hall–Kier alpha value is -2.28. The van der Waals surface area contributed by atoms with Gasteiger partial charge in [-0.15, -0.1) is 0 Å². The lowest BCUT2D eigenvalue weighted by Crippen LogP contribution is -2.14. The quantitative estimate of drug-likeness (QED) is 0.689. The molecule has 2 aromatic rings. The van der Waals surface area contributed by atoms with Gasteiger partial charge in [0.25, 0.3) is 0 Å². The minimum Gasteiger partial charge on any atom is -0.450 e. The fraction of sp³-hybridized carbons (Fsp3) is 0.154. The summed E-state index contributed by atoms with van der Waals surface area (Å²) in [5, 5.41) is 7.82. The van der Waals surface area contributed by atoms with Crippen molar-refractivity contribution in [2.75, 3.05) is 6.61 Å². The van der Waals surface area contributed by atoms with Crippen LogP contribution in [0.15, 0.2) is 36.4 Å². The minimum atomic E-state index is -3.49. The van der Waals surface area contributed by atoms with Crippen LogP contribution in [0, 0.1) is 0 Å². The topological polar surface area (TPSA) is 72.3 Å². The van der Waals surface area contributed by atoms with Gasteiger partial charge in [0.15, 0.2) is 10.8 Å². The van der Waals surface area contributed by atoms with Crippen molar-refractivity contribution >= 4 is 28.8 Å². The van der Waals surface area contributed by atoms with E-state index in [1.165, 1.54) is 6.07 Å². The number of alkyl halides is 2. The van der Waals surface area contributed by atoms with Gasteiger partial charge in [-0.3, -0.25) is 0 Å². The number of ether oxygens (including phenoxy) is 1. The lowest BCUT2D eigenvalue weighted by Gasteiger charge is -2.13. The summed E-state index contributed by atoms with van der Waals surface area (Å²) >= 11 is 5.74. The van der Waals surface area contributed by atoms with Gasteiger partial charge < -0.3 is 9.84 Å².